The van der Waals surface area contributed by atoms with Crippen LogP contribution in [0.1, 0.15) is 26.3 Å². The first kappa shape index (κ1) is 15.9. The molecule has 0 saturated carbocycles. The molecule has 21 heavy (non-hydrogen) atoms. The van der Waals surface area contributed by atoms with Crippen molar-refractivity contribution < 1.29 is 8.60 Å². The molecule has 0 aliphatic carbocycles. The molecular formula is C14H14ClFN2O2S. The Bertz CT molecular complexity index is 809. The lowest BCUT2D eigenvalue weighted by molar-refractivity contribution is 0.630. The Morgan fingerprint density at radius 3 is 2.62 bits per heavy atom. The smallest absolute Gasteiger partial charge is 0.257 e. The molecule has 0 aliphatic heterocycles. The first-order valence-corrected chi connectivity index (χ1v) is 7.65. The fourth-order valence-corrected chi connectivity index (χ4v) is 2.27. The highest BCUT2D eigenvalue weighted by Crippen LogP contribution is 2.21. The maximum Gasteiger partial charge on any atom is 0.257 e. The number of nitrogens with zero attached hydrogens (tertiary/aromatic N) is 1. The molecule has 0 unspecified atom stereocenters. The van der Waals surface area contributed by atoms with Crippen molar-refractivity contribution in [3.05, 3.63) is 45.0 Å². The summed E-state index contributed by atoms with van der Waals surface area (Å²) in [6.07, 6.45) is 1.26. The number of pyridine rings is 1. The molecule has 1 heterocycles. The van der Waals surface area contributed by atoms with Crippen molar-refractivity contribution in [2.45, 2.75) is 25.5 Å². The number of hydrogen-bond donors (Lipinski definition) is 1. The average molecular weight is 329 g/mol. The molecule has 1 N–H and O–H groups in total. The van der Waals surface area contributed by atoms with Gasteiger partial charge in [0.1, 0.15) is 16.8 Å². The van der Waals surface area contributed by atoms with Crippen LogP contribution in [-0.4, -0.2) is 20.2 Å². The molecule has 0 spiro atoms. The summed E-state index contributed by atoms with van der Waals surface area (Å²) in [7, 11) is -1.46. The van der Waals surface area contributed by atoms with Crippen LogP contribution in [0.3, 0.4) is 0 Å². The quantitative estimate of drug-likeness (QED) is 0.860. The van der Waals surface area contributed by atoms with Gasteiger partial charge in [0.05, 0.1) is 27.1 Å². The van der Waals surface area contributed by atoms with Crippen molar-refractivity contribution >= 4 is 39.7 Å². The minimum absolute atomic E-state index is 0.0318. The molecule has 1 aromatic carbocycles. The molecule has 0 fully saturated rings. The van der Waals surface area contributed by atoms with E-state index in [2.05, 4.69) is 9.38 Å². The van der Waals surface area contributed by atoms with Crippen LogP contribution in [0.2, 0.25) is 5.02 Å². The lowest BCUT2D eigenvalue weighted by Crippen LogP contribution is -2.20. The molecule has 0 saturated heterocycles. The monoisotopic (exact) mass is 328 g/mol. The Balaban J connectivity index is 2.49. The summed E-state index contributed by atoms with van der Waals surface area (Å²) in [4.78, 5) is 14.4. The van der Waals surface area contributed by atoms with E-state index in [0.717, 1.165) is 6.07 Å². The first-order chi connectivity index (χ1) is 9.68. The Morgan fingerprint density at radius 1 is 1.33 bits per heavy atom. The van der Waals surface area contributed by atoms with Crippen LogP contribution in [0.15, 0.2) is 27.4 Å². The minimum atomic E-state index is -1.46. The summed E-state index contributed by atoms with van der Waals surface area (Å²) in [5.41, 5.74) is 0.151. The maximum absolute atomic E-state index is 13.3. The van der Waals surface area contributed by atoms with E-state index in [9.17, 15) is 13.4 Å². The zero-order chi connectivity index (χ0) is 15.8. The summed E-state index contributed by atoms with van der Waals surface area (Å²) in [5.74, 6) is -0.602. The van der Waals surface area contributed by atoms with E-state index in [0.29, 0.717) is 10.9 Å². The zero-order valence-electron chi connectivity index (χ0n) is 11.7. The topological polar surface area (TPSA) is 62.3 Å². The number of fused-ring (bicyclic) bond motifs is 1. The van der Waals surface area contributed by atoms with Gasteiger partial charge in [-0.15, -0.1) is 0 Å². The Kier molecular flexibility index (Phi) is 4.30. The SMILES string of the molecule is CC(C)(C)[S@@](=O)/N=C/c1cc2cc(Cl)c(F)cc2[nH]c1=O. The van der Waals surface area contributed by atoms with Crippen LogP contribution in [-0.2, 0) is 11.0 Å². The van der Waals surface area contributed by atoms with E-state index in [1.165, 1.54) is 18.3 Å². The molecule has 2 aromatic rings. The van der Waals surface area contributed by atoms with Crippen molar-refractivity contribution in [1.29, 1.82) is 0 Å². The van der Waals surface area contributed by atoms with Crippen LogP contribution in [0.25, 0.3) is 10.9 Å². The summed E-state index contributed by atoms with van der Waals surface area (Å²) in [6.45, 7) is 5.36. The van der Waals surface area contributed by atoms with E-state index in [1.807, 2.05) is 0 Å². The van der Waals surface area contributed by atoms with Gasteiger partial charge in [0, 0.05) is 5.39 Å². The van der Waals surface area contributed by atoms with Crippen LogP contribution >= 0.6 is 11.6 Å². The molecule has 0 radical (unpaired) electrons. The lowest BCUT2D eigenvalue weighted by Gasteiger charge is -2.12. The van der Waals surface area contributed by atoms with Crippen molar-refractivity contribution in [3.63, 3.8) is 0 Å². The van der Waals surface area contributed by atoms with Gasteiger partial charge in [0.2, 0.25) is 0 Å². The van der Waals surface area contributed by atoms with Gasteiger partial charge in [-0.3, -0.25) is 4.79 Å². The highest BCUT2D eigenvalue weighted by Gasteiger charge is 2.18. The van der Waals surface area contributed by atoms with Crippen LogP contribution in [0.4, 0.5) is 4.39 Å². The molecule has 7 heteroatoms. The van der Waals surface area contributed by atoms with Gasteiger partial charge in [-0.2, -0.15) is 4.40 Å². The second-order valence-electron chi connectivity index (χ2n) is 5.50. The number of hydrogen-bond acceptors (Lipinski definition) is 2. The van der Waals surface area contributed by atoms with Crippen molar-refractivity contribution in [2.24, 2.45) is 4.40 Å². The van der Waals surface area contributed by atoms with Gasteiger partial charge < -0.3 is 4.98 Å². The maximum atomic E-state index is 13.3. The number of rotatable bonds is 2. The number of aromatic amines is 1. The van der Waals surface area contributed by atoms with E-state index in [1.54, 1.807) is 20.8 Å². The van der Waals surface area contributed by atoms with E-state index < -0.39 is 27.1 Å². The van der Waals surface area contributed by atoms with Crippen molar-refractivity contribution in [1.82, 2.24) is 4.98 Å². The zero-order valence-corrected chi connectivity index (χ0v) is 13.3. The molecule has 1 atom stereocenters. The number of halogens is 2. The Morgan fingerprint density at radius 2 is 2.00 bits per heavy atom. The van der Waals surface area contributed by atoms with Gasteiger partial charge in [-0.1, -0.05) is 11.6 Å². The summed E-state index contributed by atoms with van der Waals surface area (Å²) in [6, 6.07) is 4.11. The molecular weight excluding hydrogens is 315 g/mol. The van der Waals surface area contributed by atoms with E-state index in [-0.39, 0.29) is 10.6 Å². The molecule has 0 amide bonds. The summed E-state index contributed by atoms with van der Waals surface area (Å²) < 4.78 is 28.6. The standard InChI is InChI=1S/C14H14ClFN2O2S/c1-14(2,3)21(20)17-7-9-4-8-5-10(15)11(16)6-12(8)18-13(9)19/h4-7H,1-3H3,(H,18,19)/b17-7+/t21-/m1/s1. The van der Waals surface area contributed by atoms with Crippen molar-refractivity contribution in [3.8, 4) is 0 Å². The highest BCUT2D eigenvalue weighted by molar-refractivity contribution is 7.85. The van der Waals surface area contributed by atoms with Gasteiger partial charge in [0.15, 0.2) is 0 Å². The fraction of sp³-hybridized carbons (Fsp3) is 0.286. The first-order valence-electron chi connectivity index (χ1n) is 6.16. The highest BCUT2D eigenvalue weighted by atomic mass is 35.5. The number of aromatic nitrogens is 1. The van der Waals surface area contributed by atoms with Gasteiger partial charge in [-0.05, 0) is 39.0 Å². The summed E-state index contributed by atoms with van der Waals surface area (Å²) >= 11 is 5.72. The normalized spacial score (nSPS) is 14.0. The number of benzene rings is 1. The predicted octanol–water partition coefficient (Wildman–Crippen LogP) is 3.20. The van der Waals surface area contributed by atoms with Crippen molar-refractivity contribution in [2.75, 3.05) is 0 Å². The van der Waals surface area contributed by atoms with Gasteiger partial charge >= 0.3 is 0 Å². The third-order valence-electron chi connectivity index (χ3n) is 2.73. The lowest BCUT2D eigenvalue weighted by atomic mass is 10.1. The van der Waals surface area contributed by atoms with E-state index in [4.69, 9.17) is 11.6 Å². The molecule has 0 aliphatic rings. The predicted molar refractivity (Wildman–Crippen MR) is 85.0 cm³/mol. The largest absolute Gasteiger partial charge is 0.321 e. The molecule has 112 valence electrons. The van der Waals surface area contributed by atoms with E-state index >= 15 is 0 Å². The van der Waals surface area contributed by atoms with Crippen LogP contribution < -0.4 is 5.56 Å². The Hall–Kier alpha value is -1.53. The fourth-order valence-electron chi connectivity index (χ4n) is 1.58. The third kappa shape index (κ3) is 3.57. The van der Waals surface area contributed by atoms with Crippen LogP contribution in [0, 0.1) is 5.82 Å². The average Bonchev–Trinajstić information content (AvgIpc) is 2.37. The molecule has 2 rings (SSSR count). The minimum Gasteiger partial charge on any atom is -0.321 e. The summed E-state index contributed by atoms with van der Waals surface area (Å²) in [5, 5.41) is 0.541. The second kappa shape index (κ2) is 5.69. The molecule has 1 aromatic heterocycles. The third-order valence-corrected chi connectivity index (χ3v) is 4.36. The number of nitrogens with one attached hydrogen (secondary N) is 1. The Labute approximate surface area is 128 Å². The van der Waals surface area contributed by atoms with Crippen LogP contribution in [0.5, 0.6) is 0 Å². The number of H-pyrrole nitrogens is 1. The van der Waals surface area contributed by atoms with Gasteiger partial charge in [-0.25, -0.2) is 8.60 Å². The van der Waals surface area contributed by atoms with Gasteiger partial charge in [0.25, 0.3) is 5.56 Å². The molecule has 0 bridgehead atoms. The second-order valence-corrected chi connectivity index (χ2v) is 7.84. The molecule has 4 nitrogen and oxygen atoms in total.